The monoisotopic (exact) mass is 385 g/mol. The number of ether oxygens (including phenoxy) is 1. The SMILES string of the molecule is COCCN1CC(CNC(=O)c2cn(CCCc3ccccc3)nn2)CC1=O. The number of methoxy groups -OCH3 is 1. The highest BCUT2D eigenvalue weighted by molar-refractivity contribution is 5.91. The first-order chi connectivity index (χ1) is 13.7. The van der Waals surface area contributed by atoms with Crippen LogP contribution in [0.25, 0.3) is 0 Å². The van der Waals surface area contributed by atoms with Gasteiger partial charge in [0.2, 0.25) is 5.91 Å². The van der Waals surface area contributed by atoms with Crippen molar-refractivity contribution in [2.24, 2.45) is 5.92 Å². The van der Waals surface area contributed by atoms with Crippen molar-refractivity contribution in [1.82, 2.24) is 25.2 Å². The highest BCUT2D eigenvalue weighted by Gasteiger charge is 2.29. The summed E-state index contributed by atoms with van der Waals surface area (Å²) in [5.74, 6) is -0.0213. The molecule has 1 aromatic heterocycles. The van der Waals surface area contributed by atoms with Crippen LogP contribution in [0.1, 0.15) is 28.9 Å². The van der Waals surface area contributed by atoms with Crippen molar-refractivity contribution in [3.05, 3.63) is 47.8 Å². The number of aryl methyl sites for hydroxylation is 2. The van der Waals surface area contributed by atoms with E-state index >= 15 is 0 Å². The van der Waals surface area contributed by atoms with Crippen LogP contribution in [0.15, 0.2) is 36.5 Å². The van der Waals surface area contributed by atoms with E-state index in [4.69, 9.17) is 4.74 Å². The van der Waals surface area contributed by atoms with Gasteiger partial charge in [-0.3, -0.25) is 14.3 Å². The van der Waals surface area contributed by atoms with Crippen molar-refractivity contribution >= 4 is 11.8 Å². The average Bonchev–Trinajstić information content (AvgIpc) is 3.32. The van der Waals surface area contributed by atoms with Gasteiger partial charge in [-0.15, -0.1) is 5.10 Å². The van der Waals surface area contributed by atoms with Gasteiger partial charge in [0.05, 0.1) is 12.8 Å². The Morgan fingerprint density at radius 1 is 1.29 bits per heavy atom. The summed E-state index contributed by atoms with van der Waals surface area (Å²) in [4.78, 5) is 26.0. The highest BCUT2D eigenvalue weighted by Crippen LogP contribution is 2.16. The number of rotatable bonds is 10. The van der Waals surface area contributed by atoms with E-state index in [1.54, 1.807) is 22.9 Å². The molecule has 0 aliphatic carbocycles. The smallest absolute Gasteiger partial charge is 0.273 e. The zero-order valence-corrected chi connectivity index (χ0v) is 16.2. The maximum atomic E-state index is 12.3. The number of hydrogen-bond acceptors (Lipinski definition) is 5. The molecule has 1 aliphatic rings. The van der Waals surface area contributed by atoms with E-state index in [1.807, 2.05) is 18.2 Å². The van der Waals surface area contributed by atoms with Crippen molar-refractivity contribution in [2.75, 3.05) is 33.4 Å². The van der Waals surface area contributed by atoms with Crippen LogP contribution in [0.5, 0.6) is 0 Å². The lowest BCUT2D eigenvalue weighted by Crippen LogP contribution is -2.32. The van der Waals surface area contributed by atoms with Crippen molar-refractivity contribution in [1.29, 1.82) is 0 Å². The number of amides is 2. The molecule has 1 aromatic carbocycles. The summed E-state index contributed by atoms with van der Waals surface area (Å²) in [5, 5.41) is 10.9. The third-order valence-corrected chi connectivity index (χ3v) is 4.88. The van der Waals surface area contributed by atoms with Crippen LogP contribution in [0.2, 0.25) is 0 Å². The van der Waals surface area contributed by atoms with Crippen LogP contribution in [-0.4, -0.2) is 65.1 Å². The van der Waals surface area contributed by atoms with Crippen LogP contribution in [0.3, 0.4) is 0 Å². The van der Waals surface area contributed by atoms with E-state index in [9.17, 15) is 9.59 Å². The summed E-state index contributed by atoms with van der Waals surface area (Å²) < 4.78 is 6.72. The van der Waals surface area contributed by atoms with E-state index in [1.165, 1.54) is 5.56 Å². The summed E-state index contributed by atoms with van der Waals surface area (Å²) >= 11 is 0. The number of benzene rings is 1. The molecule has 0 radical (unpaired) electrons. The van der Waals surface area contributed by atoms with Crippen LogP contribution in [0.4, 0.5) is 0 Å². The maximum Gasteiger partial charge on any atom is 0.273 e. The number of nitrogens with one attached hydrogen (secondary N) is 1. The second kappa shape index (κ2) is 9.98. The number of nitrogens with zero attached hydrogens (tertiary/aromatic N) is 4. The lowest BCUT2D eigenvalue weighted by Gasteiger charge is -2.15. The molecule has 1 atom stereocenters. The third-order valence-electron chi connectivity index (χ3n) is 4.88. The van der Waals surface area contributed by atoms with Crippen molar-refractivity contribution < 1.29 is 14.3 Å². The number of aromatic nitrogens is 3. The molecule has 2 aromatic rings. The summed E-state index contributed by atoms with van der Waals surface area (Å²) in [7, 11) is 1.62. The lowest BCUT2D eigenvalue weighted by atomic mass is 10.1. The minimum absolute atomic E-state index is 0.112. The quantitative estimate of drug-likeness (QED) is 0.662. The molecule has 2 heterocycles. The first kappa shape index (κ1) is 20.0. The van der Waals surface area contributed by atoms with Gasteiger partial charge in [0.15, 0.2) is 5.69 Å². The van der Waals surface area contributed by atoms with E-state index in [-0.39, 0.29) is 17.7 Å². The Labute approximate surface area is 164 Å². The molecule has 1 N–H and O–H groups in total. The Balaban J connectivity index is 1.40. The zero-order chi connectivity index (χ0) is 19.8. The fourth-order valence-corrected chi connectivity index (χ4v) is 3.34. The van der Waals surface area contributed by atoms with Gasteiger partial charge < -0.3 is 15.0 Å². The predicted molar refractivity (Wildman–Crippen MR) is 104 cm³/mol. The Morgan fingerprint density at radius 3 is 2.89 bits per heavy atom. The minimum Gasteiger partial charge on any atom is -0.383 e. The summed E-state index contributed by atoms with van der Waals surface area (Å²) in [6.07, 6.45) is 4.01. The molecule has 0 saturated carbocycles. The summed E-state index contributed by atoms with van der Waals surface area (Å²) in [5.41, 5.74) is 1.59. The number of carbonyl (C=O) groups excluding carboxylic acids is 2. The van der Waals surface area contributed by atoms with E-state index in [0.29, 0.717) is 44.9 Å². The number of hydrogen-bond donors (Lipinski definition) is 1. The predicted octanol–water partition coefficient (Wildman–Crippen LogP) is 1.14. The van der Waals surface area contributed by atoms with Crippen LogP contribution in [-0.2, 0) is 22.5 Å². The maximum absolute atomic E-state index is 12.3. The Hall–Kier alpha value is -2.74. The van der Waals surface area contributed by atoms with Crippen molar-refractivity contribution in [3.8, 4) is 0 Å². The summed E-state index contributed by atoms with van der Waals surface area (Å²) in [6.45, 7) is 2.93. The molecular formula is C20H27N5O3. The molecule has 0 spiro atoms. The van der Waals surface area contributed by atoms with E-state index < -0.39 is 0 Å². The topological polar surface area (TPSA) is 89.3 Å². The van der Waals surface area contributed by atoms with Crippen LogP contribution in [0, 0.1) is 5.92 Å². The van der Waals surface area contributed by atoms with Gasteiger partial charge in [-0.05, 0) is 18.4 Å². The fourth-order valence-electron chi connectivity index (χ4n) is 3.34. The van der Waals surface area contributed by atoms with E-state index in [2.05, 4.69) is 27.8 Å². The van der Waals surface area contributed by atoms with Gasteiger partial charge >= 0.3 is 0 Å². The van der Waals surface area contributed by atoms with Gasteiger partial charge in [-0.1, -0.05) is 35.5 Å². The second-order valence-corrected chi connectivity index (χ2v) is 7.07. The van der Waals surface area contributed by atoms with Gasteiger partial charge in [0, 0.05) is 45.6 Å². The molecule has 150 valence electrons. The van der Waals surface area contributed by atoms with Crippen molar-refractivity contribution in [3.63, 3.8) is 0 Å². The van der Waals surface area contributed by atoms with E-state index in [0.717, 1.165) is 12.8 Å². The summed E-state index contributed by atoms with van der Waals surface area (Å²) in [6, 6.07) is 10.3. The molecule has 1 aliphatic heterocycles. The molecule has 1 fully saturated rings. The molecule has 8 nitrogen and oxygen atoms in total. The Bertz CT molecular complexity index is 777. The highest BCUT2D eigenvalue weighted by atomic mass is 16.5. The van der Waals surface area contributed by atoms with Gasteiger partial charge in [0.25, 0.3) is 5.91 Å². The third kappa shape index (κ3) is 5.63. The normalized spacial score (nSPS) is 16.5. The van der Waals surface area contributed by atoms with Crippen LogP contribution >= 0.6 is 0 Å². The number of likely N-dealkylation sites (tertiary alicyclic amines) is 1. The van der Waals surface area contributed by atoms with Gasteiger partial charge in [-0.2, -0.15) is 0 Å². The molecule has 8 heteroatoms. The van der Waals surface area contributed by atoms with Crippen LogP contribution < -0.4 is 5.32 Å². The first-order valence-corrected chi connectivity index (χ1v) is 9.64. The largest absolute Gasteiger partial charge is 0.383 e. The molecule has 1 unspecified atom stereocenters. The standard InChI is InChI=1S/C20H27N5O3/c1-28-11-10-24-14-17(12-19(24)26)13-21-20(27)18-15-25(23-22-18)9-5-8-16-6-3-2-4-7-16/h2-4,6-7,15,17H,5,8-14H2,1H3,(H,21,27). The number of carbonyl (C=O) groups is 2. The first-order valence-electron chi connectivity index (χ1n) is 9.64. The lowest BCUT2D eigenvalue weighted by molar-refractivity contribution is -0.128. The molecular weight excluding hydrogens is 358 g/mol. The molecule has 2 amide bonds. The van der Waals surface area contributed by atoms with Gasteiger partial charge in [-0.25, -0.2) is 0 Å². The fraction of sp³-hybridized carbons (Fsp3) is 0.500. The molecule has 3 rings (SSSR count). The Morgan fingerprint density at radius 2 is 2.11 bits per heavy atom. The Kier molecular flexibility index (Phi) is 7.13. The molecule has 0 bridgehead atoms. The van der Waals surface area contributed by atoms with Crippen molar-refractivity contribution in [2.45, 2.75) is 25.8 Å². The second-order valence-electron chi connectivity index (χ2n) is 7.07. The molecule has 28 heavy (non-hydrogen) atoms. The van der Waals surface area contributed by atoms with Gasteiger partial charge in [0.1, 0.15) is 0 Å². The average molecular weight is 385 g/mol. The zero-order valence-electron chi connectivity index (χ0n) is 16.2. The molecule has 1 saturated heterocycles. The minimum atomic E-state index is -0.253.